The van der Waals surface area contributed by atoms with Crippen LogP contribution in [0.25, 0.3) is 10.9 Å². The van der Waals surface area contributed by atoms with E-state index >= 15 is 4.39 Å². The second kappa shape index (κ2) is 13.4. The number of alkyl halides is 2. The van der Waals surface area contributed by atoms with Crippen LogP contribution in [0, 0.1) is 5.82 Å². The van der Waals surface area contributed by atoms with Crippen molar-refractivity contribution in [2.24, 2.45) is 0 Å². The number of ether oxygens (including phenoxy) is 2. The van der Waals surface area contributed by atoms with Gasteiger partial charge in [0.15, 0.2) is 17.7 Å². The molecule has 4 aromatic rings. The lowest BCUT2D eigenvalue weighted by atomic mass is 10.0. The number of fused-ring (bicyclic) bond motifs is 1. The molecule has 0 saturated carbocycles. The average Bonchev–Trinajstić information content (AvgIpc) is 3.02. The van der Waals surface area contributed by atoms with E-state index in [1.54, 1.807) is 41.3 Å². The number of hydrogen-bond acceptors (Lipinski definition) is 5. The number of carbonyl (C=O) groups excluding carboxylic acids is 1. The van der Waals surface area contributed by atoms with Gasteiger partial charge in [-0.05, 0) is 48.2 Å². The highest BCUT2D eigenvalue weighted by molar-refractivity contribution is 6.30. The molecule has 5 rings (SSSR count). The summed E-state index contributed by atoms with van der Waals surface area (Å²) in [5.41, 5.74) is 0.222. The summed E-state index contributed by atoms with van der Waals surface area (Å²) in [5.74, 6) is -0.824. The maximum atomic E-state index is 15.1. The standard InChI is InChI=1S/C31H29ClF3N3O5/c32-22-2-1-3-24(12-22)42-18-21-6-4-20(5-7-21)17-37-30(40)26-13-29(43-25(15-33)16-34)27(35)14-28(26)38(31(37)41)23-8-10-36(19-39)11-9-23/h1-7,12-14,19,23,25H,8-11,15-18H2. The van der Waals surface area contributed by atoms with Crippen LogP contribution in [0.2, 0.25) is 5.02 Å². The molecular weight excluding hydrogens is 587 g/mol. The van der Waals surface area contributed by atoms with Crippen LogP contribution in [0.1, 0.15) is 30.0 Å². The molecule has 43 heavy (non-hydrogen) atoms. The first-order valence-electron chi connectivity index (χ1n) is 13.7. The lowest BCUT2D eigenvalue weighted by Crippen LogP contribution is -2.44. The van der Waals surface area contributed by atoms with Gasteiger partial charge >= 0.3 is 5.69 Å². The van der Waals surface area contributed by atoms with Gasteiger partial charge in [-0.2, -0.15) is 0 Å². The minimum Gasteiger partial charge on any atom is -0.489 e. The van der Waals surface area contributed by atoms with Gasteiger partial charge in [0.1, 0.15) is 25.7 Å². The maximum absolute atomic E-state index is 15.1. The number of benzene rings is 3. The van der Waals surface area contributed by atoms with E-state index in [-0.39, 0.29) is 24.1 Å². The highest BCUT2D eigenvalue weighted by Gasteiger charge is 2.26. The second-order valence-corrected chi connectivity index (χ2v) is 10.8. The molecule has 1 aliphatic rings. The largest absolute Gasteiger partial charge is 0.489 e. The van der Waals surface area contributed by atoms with Crippen molar-refractivity contribution in [1.82, 2.24) is 14.0 Å². The van der Waals surface area contributed by atoms with Gasteiger partial charge in [-0.15, -0.1) is 0 Å². The maximum Gasteiger partial charge on any atom is 0.332 e. The topological polar surface area (TPSA) is 82.8 Å². The Bertz CT molecular complexity index is 1720. The molecule has 0 atom stereocenters. The van der Waals surface area contributed by atoms with E-state index in [4.69, 9.17) is 21.1 Å². The van der Waals surface area contributed by atoms with Crippen LogP contribution in [0.15, 0.2) is 70.3 Å². The van der Waals surface area contributed by atoms with Crippen molar-refractivity contribution in [3.8, 4) is 11.5 Å². The minimum absolute atomic E-state index is 0.0307. The summed E-state index contributed by atoms with van der Waals surface area (Å²) < 4.78 is 54.7. The molecule has 1 aromatic heterocycles. The summed E-state index contributed by atoms with van der Waals surface area (Å²) in [6, 6.07) is 15.9. The fourth-order valence-corrected chi connectivity index (χ4v) is 5.32. The Morgan fingerprint density at radius 1 is 0.977 bits per heavy atom. The molecule has 8 nitrogen and oxygen atoms in total. The van der Waals surface area contributed by atoms with E-state index in [0.29, 0.717) is 42.3 Å². The third-order valence-electron chi connectivity index (χ3n) is 7.44. The van der Waals surface area contributed by atoms with Gasteiger partial charge in [-0.1, -0.05) is 41.9 Å². The van der Waals surface area contributed by atoms with Gasteiger partial charge in [-0.25, -0.2) is 18.0 Å². The summed E-state index contributed by atoms with van der Waals surface area (Å²) in [6.07, 6.45) is 0.0313. The second-order valence-electron chi connectivity index (χ2n) is 10.3. The molecule has 1 amide bonds. The van der Waals surface area contributed by atoms with Crippen molar-refractivity contribution in [3.05, 3.63) is 103 Å². The number of nitrogens with zero attached hydrogens (tertiary/aromatic N) is 3. The third kappa shape index (κ3) is 6.72. The van der Waals surface area contributed by atoms with Crippen molar-refractivity contribution in [2.45, 2.75) is 38.1 Å². The Labute approximate surface area is 249 Å². The number of hydrogen-bond donors (Lipinski definition) is 0. The number of piperidine rings is 1. The molecule has 1 fully saturated rings. The third-order valence-corrected chi connectivity index (χ3v) is 7.67. The lowest BCUT2D eigenvalue weighted by Gasteiger charge is -2.31. The van der Waals surface area contributed by atoms with Gasteiger partial charge in [0, 0.05) is 30.2 Å². The Morgan fingerprint density at radius 3 is 2.33 bits per heavy atom. The molecule has 0 unspecified atom stereocenters. The van der Waals surface area contributed by atoms with E-state index in [2.05, 4.69) is 0 Å². The van der Waals surface area contributed by atoms with E-state index in [0.717, 1.165) is 28.7 Å². The van der Waals surface area contributed by atoms with E-state index < -0.39 is 48.3 Å². The number of rotatable bonds is 11. The fraction of sp³-hybridized carbons (Fsp3) is 0.323. The zero-order chi connectivity index (χ0) is 30.5. The summed E-state index contributed by atoms with van der Waals surface area (Å²) in [7, 11) is 0. The predicted octanol–water partition coefficient (Wildman–Crippen LogP) is 5.06. The molecule has 3 aromatic carbocycles. The van der Waals surface area contributed by atoms with Crippen molar-refractivity contribution >= 4 is 28.9 Å². The molecule has 2 heterocycles. The smallest absolute Gasteiger partial charge is 0.332 e. The molecule has 0 radical (unpaired) electrons. The van der Waals surface area contributed by atoms with Crippen LogP contribution < -0.4 is 20.7 Å². The van der Waals surface area contributed by atoms with E-state index in [1.807, 2.05) is 12.1 Å². The van der Waals surface area contributed by atoms with Crippen LogP contribution in [0.3, 0.4) is 0 Å². The SMILES string of the molecule is O=CN1CCC(n2c(=O)n(Cc3ccc(COc4cccc(Cl)c4)cc3)c(=O)c3cc(OC(CF)CF)c(F)cc32)CC1. The van der Waals surface area contributed by atoms with Gasteiger partial charge in [-0.3, -0.25) is 18.7 Å². The molecule has 1 aliphatic heterocycles. The fourth-order valence-electron chi connectivity index (χ4n) is 5.14. The summed E-state index contributed by atoms with van der Waals surface area (Å²) in [5, 5.41) is 0.525. The van der Waals surface area contributed by atoms with Gasteiger partial charge in [0.2, 0.25) is 6.41 Å². The number of aromatic nitrogens is 2. The molecule has 226 valence electrons. The number of amides is 1. The number of carbonyl (C=O) groups is 1. The van der Waals surface area contributed by atoms with Gasteiger partial charge in [0.05, 0.1) is 17.4 Å². The monoisotopic (exact) mass is 615 g/mol. The van der Waals surface area contributed by atoms with E-state index in [9.17, 15) is 23.2 Å². The first-order chi connectivity index (χ1) is 20.8. The first-order valence-corrected chi connectivity index (χ1v) is 14.1. The molecule has 12 heteroatoms. The van der Waals surface area contributed by atoms with Crippen molar-refractivity contribution in [1.29, 1.82) is 0 Å². The predicted molar refractivity (Wildman–Crippen MR) is 156 cm³/mol. The minimum atomic E-state index is -1.53. The zero-order valence-corrected chi connectivity index (χ0v) is 23.8. The molecule has 0 aliphatic carbocycles. The Morgan fingerprint density at radius 2 is 1.67 bits per heavy atom. The normalized spacial score (nSPS) is 13.9. The number of halogens is 4. The average molecular weight is 616 g/mol. The molecule has 1 saturated heterocycles. The van der Waals surface area contributed by atoms with Crippen molar-refractivity contribution in [2.75, 3.05) is 26.4 Å². The summed E-state index contributed by atoms with van der Waals surface area (Å²) in [6.45, 7) is -1.41. The van der Waals surface area contributed by atoms with Gasteiger partial charge < -0.3 is 14.4 Å². The Kier molecular flexibility index (Phi) is 9.40. The highest BCUT2D eigenvalue weighted by Crippen LogP contribution is 2.28. The molecule has 0 spiro atoms. The molecule has 0 bridgehead atoms. The van der Waals surface area contributed by atoms with Crippen LogP contribution >= 0.6 is 11.6 Å². The van der Waals surface area contributed by atoms with Gasteiger partial charge in [0.25, 0.3) is 5.56 Å². The van der Waals surface area contributed by atoms with Crippen LogP contribution in [0.5, 0.6) is 11.5 Å². The zero-order valence-electron chi connectivity index (χ0n) is 23.1. The highest BCUT2D eigenvalue weighted by atomic mass is 35.5. The van der Waals surface area contributed by atoms with E-state index in [1.165, 1.54) is 4.57 Å². The molecular formula is C31H29ClF3N3O5. The lowest BCUT2D eigenvalue weighted by molar-refractivity contribution is -0.119. The van der Waals surface area contributed by atoms with Crippen molar-refractivity contribution < 1.29 is 27.4 Å². The van der Waals surface area contributed by atoms with Crippen molar-refractivity contribution in [3.63, 3.8) is 0 Å². The van der Waals surface area contributed by atoms with Crippen LogP contribution in [-0.4, -0.2) is 53.0 Å². The summed E-state index contributed by atoms with van der Waals surface area (Å²) >= 11 is 6.01. The number of likely N-dealkylation sites (tertiary alicyclic amines) is 1. The molecule has 0 N–H and O–H groups in total. The Hall–Kier alpha value is -4.25. The van der Waals surface area contributed by atoms with Crippen LogP contribution in [-0.2, 0) is 17.9 Å². The first kappa shape index (κ1) is 30.2. The van der Waals surface area contributed by atoms with Crippen LogP contribution in [0.4, 0.5) is 13.2 Å². The Balaban J connectivity index is 1.50. The quantitative estimate of drug-likeness (QED) is 0.220. The summed E-state index contributed by atoms with van der Waals surface area (Å²) in [4.78, 5) is 40.3.